The van der Waals surface area contributed by atoms with E-state index in [1.165, 1.54) is 0 Å². The number of hydrogen-bond acceptors (Lipinski definition) is 5. The number of carbonyl (C=O) groups excluding carboxylic acids is 1. The van der Waals surface area contributed by atoms with E-state index in [2.05, 4.69) is 27.1 Å². The number of aryl methyl sites for hydroxylation is 2. The molecule has 1 saturated heterocycles. The van der Waals surface area contributed by atoms with Gasteiger partial charge in [-0.25, -0.2) is 9.97 Å². The molecule has 28 heavy (non-hydrogen) atoms. The zero-order valence-corrected chi connectivity index (χ0v) is 16.9. The predicted molar refractivity (Wildman–Crippen MR) is 108 cm³/mol. The van der Waals surface area contributed by atoms with E-state index in [9.17, 15) is 4.79 Å². The fraction of sp³-hybridized carbons (Fsp3) is 0.364. The van der Waals surface area contributed by atoms with E-state index >= 15 is 0 Å². The topological polar surface area (TPSA) is 68.2 Å². The summed E-state index contributed by atoms with van der Waals surface area (Å²) in [4.78, 5) is 28.2. The van der Waals surface area contributed by atoms with Crippen LogP contribution in [0.5, 0.6) is 5.75 Å². The summed E-state index contributed by atoms with van der Waals surface area (Å²) in [6, 6.07) is 1.88. The van der Waals surface area contributed by atoms with Gasteiger partial charge >= 0.3 is 0 Å². The van der Waals surface area contributed by atoms with Crippen LogP contribution in [0.3, 0.4) is 0 Å². The molecular weight excluding hydrogens is 352 g/mol. The molecule has 2 aliphatic rings. The Hall–Kier alpha value is -3.02. The molecule has 1 aliphatic carbocycles. The fourth-order valence-corrected chi connectivity index (χ4v) is 3.96. The van der Waals surface area contributed by atoms with Crippen molar-refractivity contribution in [2.75, 3.05) is 12.0 Å². The molecule has 0 N–H and O–H groups in total. The SMILES string of the molecule is COc1cc(N2C(=O)C(C)(C)C3CC=C(c4cnc(C)nc4)C=C32)cnc1C. The van der Waals surface area contributed by atoms with Gasteiger partial charge in [-0.15, -0.1) is 0 Å². The third kappa shape index (κ3) is 2.80. The summed E-state index contributed by atoms with van der Waals surface area (Å²) in [7, 11) is 1.62. The van der Waals surface area contributed by atoms with Crippen LogP contribution in [0.25, 0.3) is 5.57 Å². The number of hydrogen-bond donors (Lipinski definition) is 0. The van der Waals surface area contributed by atoms with E-state index in [-0.39, 0.29) is 11.8 Å². The molecule has 4 rings (SSSR count). The standard InChI is InChI=1S/C22H24N4O2/c1-13-20(28-5)9-17(12-23-13)26-19-8-15(16-10-24-14(2)25-11-16)6-7-18(19)22(3,4)21(26)27/h6,8-12,18H,7H2,1-5H3. The Morgan fingerprint density at radius 3 is 2.54 bits per heavy atom. The first-order chi connectivity index (χ1) is 13.3. The average molecular weight is 376 g/mol. The van der Waals surface area contributed by atoms with Crippen LogP contribution in [-0.2, 0) is 4.79 Å². The van der Waals surface area contributed by atoms with Crippen LogP contribution in [-0.4, -0.2) is 28.0 Å². The van der Waals surface area contributed by atoms with Crippen molar-refractivity contribution in [3.8, 4) is 5.75 Å². The highest BCUT2D eigenvalue weighted by Gasteiger charge is 2.51. The molecule has 2 aromatic rings. The summed E-state index contributed by atoms with van der Waals surface area (Å²) >= 11 is 0. The van der Waals surface area contributed by atoms with Gasteiger partial charge < -0.3 is 4.74 Å². The number of ether oxygens (including phenoxy) is 1. The summed E-state index contributed by atoms with van der Waals surface area (Å²) < 4.78 is 5.42. The van der Waals surface area contributed by atoms with Gasteiger partial charge in [0, 0.05) is 35.6 Å². The molecule has 0 radical (unpaired) electrons. The second-order valence-corrected chi connectivity index (χ2v) is 7.88. The van der Waals surface area contributed by atoms with Crippen LogP contribution in [0.15, 0.2) is 42.5 Å². The largest absolute Gasteiger partial charge is 0.495 e. The summed E-state index contributed by atoms with van der Waals surface area (Å²) in [5.74, 6) is 1.60. The number of pyridine rings is 1. The van der Waals surface area contributed by atoms with Gasteiger partial charge in [-0.1, -0.05) is 19.9 Å². The molecule has 144 valence electrons. The van der Waals surface area contributed by atoms with E-state index < -0.39 is 5.41 Å². The molecule has 0 aromatic carbocycles. The van der Waals surface area contributed by atoms with Gasteiger partial charge in [-0.2, -0.15) is 0 Å². The Bertz CT molecular complexity index is 1010. The third-order valence-corrected chi connectivity index (χ3v) is 5.74. The van der Waals surface area contributed by atoms with Crippen LogP contribution < -0.4 is 9.64 Å². The maximum absolute atomic E-state index is 13.3. The maximum atomic E-state index is 13.3. The molecule has 6 heteroatoms. The lowest BCUT2D eigenvalue weighted by Crippen LogP contribution is -2.31. The van der Waals surface area contributed by atoms with Gasteiger partial charge in [-0.3, -0.25) is 14.7 Å². The van der Waals surface area contributed by atoms with Crippen molar-refractivity contribution in [2.45, 2.75) is 34.1 Å². The number of anilines is 1. The number of amides is 1. The van der Waals surface area contributed by atoms with Crippen molar-refractivity contribution in [3.05, 3.63) is 59.6 Å². The fourth-order valence-electron chi connectivity index (χ4n) is 3.96. The Kier molecular flexibility index (Phi) is 4.29. The van der Waals surface area contributed by atoms with Crippen LogP contribution in [0.1, 0.15) is 37.4 Å². The van der Waals surface area contributed by atoms with E-state index in [0.29, 0.717) is 5.75 Å². The van der Waals surface area contributed by atoms with Crippen molar-refractivity contribution in [3.63, 3.8) is 0 Å². The molecule has 0 saturated carbocycles. The predicted octanol–water partition coefficient (Wildman–Crippen LogP) is 3.86. The molecule has 6 nitrogen and oxygen atoms in total. The highest BCUT2D eigenvalue weighted by molar-refractivity contribution is 6.05. The van der Waals surface area contributed by atoms with Crippen LogP contribution in [0, 0.1) is 25.2 Å². The lowest BCUT2D eigenvalue weighted by atomic mass is 9.75. The Morgan fingerprint density at radius 2 is 1.86 bits per heavy atom. The third-order valence-electron chi connectivity index (χ3n) is 5.74. The number of methoxy groups -OCH3 is 1. The van der Waals surface area contributed by atoms with Crippen molar-refractivity contribution in [1.82, 2.24) is 15.0 Å². The Morgan fingerprint density at radius 1 is 1.14 bits per heavy atom. The van der Waals surface area contributed by atoms with Crippen LogP contribution in [0.4, 0.5) is 5.69 Å². The van der Waals surface area contributed by atoms with Crippen molar-refractivity contribution in [2.24, 2.45) is 11.3 Å². The molecule has 3 heterocycles. The van der Waals surface area contributed by atoms with Gasteiger partial charge in [0.25, 0.3) is 0 Å². The normalized spacial score (nSPS) is 20.5. The summed E-state index contributed by atoms with van der Waals surface area (Å²) in [5, 5.41) is 0. The Balaban J connectivity index is 1.81. The minimum atomic E-state index is -0.490. The molecule has 1 amide bonds. The number of nitrogens with zero attached hydrogens (tertiary/aromatic N) is 4. The van der Waals surface area contributed by atoms with Crippen LogP contribution >= 0.6 is 0 Å². The second kappa shape index (κ2) is 6.55. The zero-order valence-electron chi connectivity index (χ0n) is 16.9. The number of allylic oxidation sites excluding steroid dienone is 4. The Labute approximate surface area is 165 Å². The first kappa shape index (κ1) is 18.3. The number of aromatic nitrogens is 3. The first-order valence-corrected chi connectivity index (χ1v) is 9.39. The summed E-state index contributed by atoms with van der Waals surface area (Å²) in [5.41, 5.74) is 4.01. The van der Waals surface area contributed by atoms with E-state index in [4.69, 9.17) is 4.74 Å². The van der Waals surface area contributed by atoms with Gasteiger partial charge in [0.2, 0.25) is 5.91 Å². The molecule has 1 fully saturated rings. The number of carbonyl (C=O) groups is 1. The summed E-state index contributed by atoms with van der Waals surface area (Å²) in [6.07, 6.45) is 10.4. The molecule has 2 aromatic heterocycles. The molecule has 0 bridgehead atoms. The van der Waals surface area contributed by atoms with E-state index in [1.54, 1.807) is 18.2 Å². The maximum Gasteiger partial charge on any atom is 0.237 e. The average Bonchev–Trinajstić information content (AvgIpc) is 2.88. The minimum absolute atomic E-state index is 0.0752. The molecule has 0 spiro atoms. The van der Waals surface area contributed by atoms with Crippen molar-refractivity contribution >= 4 is 17.2 Å². The highest BCUT2D eigenvalue weighted by Crippen LogP contribution is 2.50. The van der Waals surface area contributed by atoms with Gasteiger partial charge in [-0.05, 0) is 31.9 Å². The molecular formula is C22H24N4O2. The number of rotatable bonds is 3. The van der Waals surface area contributed by atoms with Gasteiger partial charge in [0.15, 0.2) is 0 Å². The number of fused-ring (bicyclic) bond motifs is 1. The van der Waals surface area contributed by atoms with Crippen LogP contribution in [0.2, 0.25) is 0 Å². The molecule has 1 atom stereocenters. The highest BCUT2D eigenvalue weighted by atomic mass is 16.5. The molecule has 1 unspecified atom stereocenters. The zero-order chi connectivity index (χ0) is 20.1. The second-order valence-electron chi connectivity index (χ2n) is 7.88. The quantitative estimate of drug-likeness (QED) is 0.814. The summed E-state index contributed by atoms with van der Waals surface area (Å²) in [6.45, 7) is 7.78. The van der Waals surface area contributed by atoms with E-state index in [0.717, 1.165) is 40.5 Å². The van der Waals surface area contributed by atoms with Crippen molar-refractivity contribution in [1.29, 1.82) is 0 Å². The first-order valence-electron chi connectivity index (χ1n) is 9.39. The minimum Gasteiger partial charge on any atom is -0.495 e. The van der Waals surface area contributed by atoms with Gasteiger partial charge in [0.05, 0.1) is 30.1 Å². The van der Waals surface area contributed by atoms with E-state index in [1.807, 2.05) is 46.2 Å². The molecule has 1 aliphatic heterocycles. The van der Waals surface area contributed by atoms with Crippen molar-refractivity contribution < 1.29 is 9.53 Å². The monoisotopic (exact) mass is 376 g/mol. The lowest BCUT2D eigenvalue weighted by molar-refractivity contribution is -0.125. The lowest BCUT2D eigenvalue weighted by Gasteiger charge is -2.26. The van der Waals surface area contributed by atoms with Gasteiger partial charge in [0.1, 0.15) is 11.6 Å². The smallest absolute Gasteiger partial charge is 0.237 e.